The predicted molar refractivity (Wildman–Crippen MR) is 83.7 cm³/mol. The Labute approximate surface area is 125 Å². The van der Waals surface area contributed by atoms with Crippen LogP contribution in [0.25, 0.3) is 10.9 Å². The molecule has 1 heterocycles. The van der Waals surface area contributed by atoms with Gasteiger partial charge >= 0.3 is 0 Å². The fourth-order valence-electron chi connectivity index (χ4n) is 2.30. The number of hydrogen-bond acceptors (Lipinski definition) is 2. The van der Waals surface area contributed by atoms with E-state index >= 15 is 0 Å². The second-order valence-electron chi connectivity index (χ2n) is 5.02. The van der Waals surface area contributed by atoms with Gasteiger partial charge in [-0.15, -0.1) is 0 Å². The van der Waals surface area contributed by atoms with Gasteiger partial charge in [-0.25, -0.2) is 4.39 Å². The first-order chi connectivity index (χ1) is 10.6. The van der Waals surface area contributed by atoms with Gasteiger partial charge in [0, 0.05) is 17.3 Å². The second-order valence-corrected chi connectivity index (χ2v) is 5.02. The Hall–Kier alpha value is -2.95. The Morgan fingerprint density at radius 2 is 1.95 bits per heavy atom. The number of pyridine rings is 1. The van der Waals surface area contributed by atoms with E-state index in [0.29, 0.717) is 5.69 Å². The first kappa shape index (κ1) is 14.0. The maximum Gasteiger partial charge on any atom is 0.261 e. The monoisotopic (exact) mass is 296 g/mol. The minimum atomic E-state index is -0.530. The van der Waals surface area contributed by atoms with Gasteiger partial charge in [0.2, 0.25) is 5.43 Å². The Bertz CT molecular complexity index is 931. The summed E-state index contributed by atoms with van der Waals surface area (Å²) in [5.41, 5.74) is 1.13. The van der Waals surface area contributed by atoms with Crippen LogP contribution in [0.3, 0.4) is 0 Å². The zero-order chi connectivity index (χ0) is 15.7. The second kappa shape index (κ2) is 5.44. The van der Waals surface area contributed by atoms with E-state index in [9.17, 15) is 14.0 Å². The molecule has 2 N–H and O–H groups in total. The van der Waals surface area contributed by atoms with Crippen LogP contribution in [0, 0.1) is 12.7 Å². The van der Waals surface area contributed by atoms with Crippen molar-refractivity contribution in [2.45, 2.75) is 6.92 Å². The van der Waals surface area contributed by atoms with E-state index in [0.717, 1.165) is 5.56 Å². The SMILES string of the molecule is Cc1cccc(NC(=O)c2c[nH]c3c(F)cccc3c2=O)c1. The minimum Gasteiger partial charge on any atom is -0.358 e. The molecule has 0 saturated carbocycles. The number of aryl methyl sites for hydroxylation is 1. The van der Waals surface area contributed by atoms with E-state index in [4.69, 9.17) is 0 Å². The van der Waals surface area contributed by atoms with Gasteiger partial charge < -0.3 is 10.3 Å². The molecule has 0 fully saturated rings. The molecule has 110 valence electrons. The third-order valence-electron chi connectivity index (χ3n) is 3.38. The van der Waals surface area contributed by atoms with Crippen molar-refractivity contribution in [2.24, 2.45) is 0 Å². The van der Waals surface area contributed by atoms with Crippen molar-refractivity contribution in [3.8, 4) is 0 Å². The number of H-pyrrole nitrogens is 1. The molecule has 0 atom stereocenters. The van der Waals surface area contributed by atoms with Crippen LogP contribution >= 0.6 is 0 Å². The lowest BCUT2D eigenvalue weighted by molar-refractivity contribution is 0.102. The van der Waals surface area contributed by atoms with Gasteiger partial charge in [0.05, 0.1) is 5.52 Å². The number of carbonyl (C=O) groups is 1. The average molecular weight is 296 g/mol. The van der Waals surface area contributed by atoms with E-state index in [1.807, 2.05) is 19.1 Å². The van der Waals surface area contributed by atoms with Crippen LogP contribution in [0.1, 0.15) is 15.9 Å². The quantitative estimate of drug-likeness (QED) is 0.762. The number of carbonyl (C=O) groups excluding carboxylic acids is 1. The normalized spacial score (nSPS) is 10.6. The highest BCUT2D eigenvalue weighted by atomic mass is 19.1. The number of amides is 1. The molecule has 1 amide bonds. The predicted octanol–water partition coefficient (Wildman–Crippen LogP) is 3.23. The van der Waals surface area contributed by atoms with Crippen molar-refractivity contribution in [1.29, 1.82) is 0 Å². The highest BCUT2D eigenvalue weighted by molar-refractivity contribution is 6.05. The number of rotatable bonds is 2. The third-order valence-corrected chi connectivity index (χ3v) is 3.38. The summed E-state index contributed by atoms with van der Waals surface area (Å²) in [5.74, 6) is -1.06. The summed E-state index contributed by atoms with van der Waals surface area (Å²) >= 11 is 0. The van der Waals surface area contributed by atoms with Gasteiger partial charge in [-0.2, -0.15) is 0 Å². The zero-order valence-corrected chi connectivity index (χ0v) is 11.8. The van der Waals surface area contributed by atoms with Crippen LogP contribution in [0.15, 0.2) is 53.5 Å². The Morgan fingerprint density at radius 1 is 1.18 bits per heavy atom. The van der Waals surface area contributed by atoms with E-state index in [1.54, 1.807) is 12.1 Å². The molecule has 0 radical (unpaired) electrons. The van der Waals surface area contributed by atoms with Gasteiger partial charge in [-0.05, 0) is 36.8 Å². The van der Waals surface area contributed by atoms with Crippen LogP contribution in [0.4, 0.5) is 10.1 Å². The molecule has 2 aromatic carbocycles. The number of fused-ring (bicyclic) bond motifs is 1. The summed E-state index contributed by atoms with van der Waals surface area (Å²) < 4.78 is 13.6. The molecule has 0 spiro atoms. The van der Waals surface area contributed by atoms with Gasteiger partial charge in [0.15, 0.2) is 0 Å². The lowest BCUT2D eigenvalue weighted by Gasteiger charge is -2.07. The number of aromatic amines is 1. The van der Waals surface area contributed by atoms with E-state index in [2.05, 4.69) is 10.3 Å². The molecule has 4 nitrogen and oxygen atoms in total. The van der Waals surface area contributed by atoms with Crippen LogP contribution in [0.5, 0.6) is 0 Å². The highest BCUT2D eigenvalue weighted by Crippen LogP contribution is 2.14. The molecule has 22 heavy (non-hydrogen) atoms. The van der Waals surface area contributed by atoms with Crippen molar-refractivity contribution < 1.29 is 9.18 Å². The number of anilines is 1. The number of benzene rings is 2. The first-order valence-corrected chi connectivity index (χ1v) is 6.74. The summed E-state index contributed by atoms with van der Waals surface area (Å²) in [6.45, 7) is 1.90. The zero-order valence-electron chi connectivity index (χ0n) is 11.8. The molecule has 0 aliphatic heterocycles. The molecule has 3 aromatic rings. The van der Waals surface area contributed by atoms with Gasteiger partial charge in [-0.1, -0.05) is 18.2 Å². The lowest BCUT2D eigenvalue weighted by atomic mass is 10.1. The molecule has 0 unspecified atom stereocenters. The summed E-state index contributed by atoms with van der Waals surface area (Å²) in [5, 5.41) is 2.82. The molecule has 0 aliphatic rings. The molecule has 0 bridgehead atoms. The lowest BCUT2D eigenvalue weighted by Crippen LogP contribution is -2.22. The van der Waals surface area contributed by atoms with E-state index in [1.165, 1.54) is 24.4 Å². The van der Waals surface area contributed by atoms with Gasteiger partial charge in [-0.3, -0.25) is 9.59 Å². The van der Waals surface area contributed by atoms with Gasteiger partial charge in [0.25, 0.3) is 5.91 Å². The molecule has 3 rings (SSSR count). The Morgan fingerprint density at radius 3 is 2.73 bits per heavy atom. The van der Waals surface area contributed by atoms with Crippen LogP contribution in [-0.2, 0) is 0 Å². The molecule has 0 aliphatic carbocycles. The topological polar surface area (TPSA) is 62.0 Å². The fraction of sp³-hybridized carbons (Fsp3) is 0.0588. The Balaban J connectivity index is 2.01. The number of aromatic nitrogens is 1. The summed E-state index contributed by atoms with van der Waals surface area (Å²) in [7, 11) is 0. The number of halogens is 1. The number of nitrogens with one attached hydrogen (secondary N) is 2. The molecular weight excluding hydrogens is 283 g/mol. The van der Waals surface area contributed by atoms with Crippen LogP contribution in [0.2, 0.25) is 0 Å². The van der Waals surface area contributed by atoms with Crippen molar-refractivity contribution in [3.63, 3.8) is 0 Å². The highest BCUT2D eigenvalue weighted by Gasteiger charge is 2.14. The molecule has 0 saturated heterocycles. The maximum atomic E-state index is 13.6. The first-order valence-electron chi connectivity index (χ1n) is 6.74. The third kappa shape index (κ3) is 2.48. The summed E-state index contributed by atoms with van der Waals surface area (Å²) in [6.07, 6.45) is 1.23. The summed E-state index contributed by atoms with van der Waals surface area (Å²) in [6, 6.07) is 11.4. The van der Waals surface area contributed by atoms with Crippen molar-refractivity contribution >= 4 is 22.5 Å². The summed E-state index contributed by atoms with van der Waals surface area (Å²) in [4.78, 5) is 27.3. The molecule has 5 heteroatoms. The van der Waals surface area contributed by atoms with Crippen molar-refractivity contribution in [3.05, 3.63) is 75.8 Å². The van der Waals surface area contributed by atoms with Crippen molar-refractivity contribution in [2.75, 3.05) is 5.32 Å². The Kier molecular flexibility index (Phi) is 3.47. The minimum absolute atomic E-state index is 0.0559. The standard InChI is InChI=1S/C17H13FN2O2/c1-10-4-2-5-11(8-10)20-17(22)13-9-19-15-12(16(13)21)6-3-7-14(15)18/h2-9H,1H3,(H,19,21)(H,20,22). The van der Waals surface area contributed by atoms with Gasteiger partial charge in [0.1, 0.15) is 11.4 Å². The van der Waals surface area contributed by atoms with Crippen LogP contribution in [-0.4, -0.2) is 10.9 Å². The smallest absolute Gasteiger partial charge is 0.261 e. The maximum absolute atomic E-state index is 13.6. The fourth-order valence-corrected chi connectivity index (χ4v) is 2.30. The van der Waals surface area contributed by atoms with Crippen LogP contribution < -0.4 is 10.7 Å². The van der Waals surface area contributed by atoms with E-state index < -0.39 is 17.2 Å². The largest absolute Gasteiger partial charge is 0.358 e. The molecule has 1 aromatic heterocycles. The van der Waals surface area contributed by atoms with E-state index in [-0.39, 0.29) is 16.5 Å². The average Bonchev–Trinajstić information content (AvgIpc) is 2.48. The molecular formula is C17H13FN2O2. The number of hydrogen-bond donors (Lipinski definition) is 2. The van der Waals surface area contributed by atoms with Crippen molar-refractivity contribution in [1.82, 2.24) is 4.98 Å². The number of para-hydroxylation sites is 1.